The molecule has 1 atom stereocenters. The third-order valence-corrected chi connectivity index (χ3v) is 12.6. The number of amides is 1. The number of carboxylic acids is 1. The minimum absolute atomic E-state index is 0.164. The number of halogens is 2. The fourth-order valence-corrected chi connectivity index (χ4v) is 9.22. The molecule has 304 valence electrons. The second kappa shape index (κ2) is 15.4. The summed E-state index contributed by atoms with van der Waals surface area (Å²) in [6.45, 7) is 11.3. The highest BCUT2D eigenvalue weighted by molar-refractivity contribution is 6.35. The molecule has 0 spiro atoms. The van der Waals surface area contributed by atoms with E-state index in [4.69, 9.17) is 33.0 Å². The average Bonchev–Trinajstić information content (AvgIpc) is 3.81. The van der Waals surface area contributed by atoms with Crippen LogP contribution in [0.2, 0.25) is 10.0 Å². The van der Waals surface area contributed by atoms with Gasteiger partial charge in [0.2, 0.25) is 0 Å². The highest BCUT2D eigenvalue weighted by atomic mass is 35.5. The second-order valence-corrected chi connectivity index (χ2v) is 16.6. The van der Waals surface area contributed by atoms with Gasteiger partial charge in [-0.05, 0) is 107 Å². The maximum Gasteiger partial charge on any atom is 0.337 e. The van der Waals surface area contributed by atoms with Crippen LogP contribution >= 0.6 is 23.2 Å². The maximum absolute atomic E-state index is 15.5. The standard InChI is InChI=1S/C46H47Cl2N7O4/c1-25-18-32(19-26(2)41(25)48)59-17-11-13-33-34-14-15-37(47)40(39-28(4)50-53(8)29(39)5)43(34)55-27(3)22-54(45(56)44(33)55)38-21-31(51(6)23-30-12-9-10-16-49-30)20-35-36(46(57)58)24-52(7)42(35)38/h9-10,12,14-16,18-21,24,27H,11,13,17,22-23H2,1-8H3,(H,57,58)/t27-/m1/s1. The van der Waals surface area contributed by atoms with Crippen LogP contribution in [0.25, 0.3) is 32.9 Å². The fraction of sp³-hybridized carbons (Fsp3) is 0.304. The Hall–Kier alpha value is -5.78. The molecule has 59 heavy (non-hydrogen) atoms. The van der Waals surface area contributed by atoms with Gasteiger partial charge in [-0.3, -0.25) is 14.5 Å². The molecular formula is C46H47Cl2N7O4. The Balaban J connectivity index is 1.29. The van der Waals surface area contributed by atoms with Gasteiger partial charge in [-0.25, -0.2) is 4.79 Å². The molecule has 0 aliphatic carbocycles. The van der Waals surface area contributed by atoms with Crippen LogP contribution in [0.15, 0.2) is 67.0 Å². The van der Waals surface area contributed by atoms with Gasteiger partial charge in [0.1, 0.15) is 11.4 Å². The molecule has 0 bridgehead atoms. The largest absolute Gasteiger partial charge is 0.494 e. The summed E-state index contributed by atoms with van der Waals surface area (Å²) in [6, 6.07) is 17.3. The van der Waals surface area contributed by atoms with Crippen LogP contribution in [0, 0.1) is 27.7 Å². The molecule has 1 N–H and O–H groups in total. The van der Waals surface area contributed by atoms with E-state index in [0.717, 1.165) is 72.3 Å². The first kappa shape index (κ1) is 40.0. The van der Waals surface area contributed by atoms with Crippen molar-refractivity contribution >= 4 is 68.3 Å². The third kappa shape index (κ3) is 6.89. The zero-order chi connectivity index (χ0) is 42.0. The summed E-state index contributed by atoms with van der Waals surface area (Å²) in [7, 11) is 5.70. The van der Waals surface area contributed by atoms with E-state index >= 15 is 4.79 Å². The summed E-state index contributed by atoms with van der Waals surface area (Å²) < 4.78 is 12.1. The number of pyridine rings is 1. The second-order valence-electron chi connectivity index (χ2n) is 15.8. The molecule has 1 amide bonds. The van der Waals surface area contributed by atoms with Crippen molar-refractivity contribution in [2.45, 2.75) is 60.0 Å². The van der Waals surface area contributed by atoms with E-state index in [2.05, 4.69) is 16.5 Å². The van der Waals surface area contributed by atoms with E-state index in [9.17, 15) is 9.90 Å². The molecule has 0 saturated carbocycles. The normalized spacial score (nSPS) is 14.1. The summed E-state index contributed by atoms with van der Waals surface area (Å²) in [5.74, 6) is -0.464. The van der Waals surface area contributed by atoms with Gasteiger partial charge in [-0.2, -0.15) is 5.10 Å². The number of carbonyl (C=O) groups excluding carboxylic acids is 1. The monoisotopic (exact) mass is 831 g/mol. The number of aromatic nitrogens is 5. The van der Waals surface area contributed by atoms with Gasteiger partial charge in [0.05, 0.1) is 51.8 Å². The molecule has 0 fully saturated rings. The Labute approximate surface area is 353 Å². The van der Waals surface area contributed by atoms with Crippen molar-refractivity contribution in [1.82, 2.24) is 23.9 Å². The number of rotatable bonds is 11. The number of anilines is 2. The number of carboxylic acid groups (broad SMARTS) is 1. The molecule has 3 aromatic carbocycles. The van der Waals surface area contributed by atoms with Gasteiger partial charge in [0, 0.05) is 84.4 Å². The summed E-state index contributed by atoms with van der Waals surface area (Å²) in [6.07, 6.45) is 4.56. The number of aryl methyl sites for hydroxylation is 6. The minimum Gasteiger partial charge on any atom is -0.494 e. The topological polar surface area (TPSA) is 111 Å². The number of carbonyl (C=O) groups is 2. The van der Waals surface area contributed by atoms with Gasteiger partial charge in [0.15, 0.2) is 0 Å². The molecule has 0 radical (unpaired) electrons. The van der Waals surface area contributed by atoms with Crippen LogP contribution in [-0.4, -0.2) is 61.1 Å². The molecule has 7 aromatic rings. The molecule has 4 aromatic heterocycles. The zero-order valence-electron chi connectivity index (χ0n) is 34.5. The van der Waals surface area contributed by atoms with Crippen LogP contribution in [0.3, 0.4) is 0 Å². The van der Waals surface area contributed by atoms with Gasteiger partial charge >= 0.3 is 5.97 Å². The summed E-state index contributed by atoms with van der Waals surface area (Å²) in [5, 5.41) is 17.9. The van der Waals surface area contributed by atoms with Crippen LogP contribution in [0.4, 0.5) is 11.4 Å². The SMILES string of the molecule is Cc1cc(OCCCc2c3n(c4c(-c5c(C)nn(C)c5C)c(Cl)ccc24)[C@H](C)CN(c2cc(N(C)Cc4ccccn4)cc4c(C(=O)O)cn(C)c24)C3=O)cc(C)c1Cl. The lowest BCUT2D eigenvalue weighted by molar-refractivity contribution is 0.0698. The molecule has 1 aliphatic heterocycles. The van der Waals surface area contributed by atoms with Crippen molar-refractivity contribution in [2.24, 2.45) is 14.1 Å². The molecule has 8 rings (SSSR count). The van der Waals surface area contributed by atoms with E-state index in [1.165, 1.54) is 0 Å². The smallest absolute Gasteiger partial charge is 0.337 e. The summed E-state index contributed by atoms with van der Waals surface area (Å²) in [5.41, 5.74) is 11.0. The third-order valence-electron chi connectivity index (χ3n) is 11.7. The first-order valence-electron chi connectivity index (χ1n) is 19.7. The number of benzene rings is 3. The van der Waals surface area contributed by atoms with E-state index in [1.807, 2.05) is 122 Å². The molecule has 1 aliphatic rings. The van der Waals surface area contributed by atoms with Gasteiger partial charge in [-0.1, -0.05) is 35.3 Å². The zero-order valence-corrected chi connectivity index (χ0v) is 36.0. The Morgan fingerprint density at radius 1 is 0.983 bits per heavy atom. The maximum atomic E-state index is 15.5. The van der Waals surface area contributed by atoms with Gasteiger partial charge in [-0.15, -0.1) is 0 Å². The van der Waals surface area contributed by atoms with Gasteiger partial charge < -0.3 is 28.8 Å². The quantitative estimate of drug-likeness (QED) is 0.129. The minimum atomic E-state index is -1.04. The lowest BCUT2D eigenvalue weighted by Crippen LogP contribution is -2.43. The van der Waals surface area contributed by atoms with Crippen molar-refractivity contribution in [3.05, 3.63) is 122 Å². The van der Waals surface area contributed by atoms with E-state index in [-0.39, 0.29) is 17.5 Å². The molecule has 11 nitrogen and oxygen atoms in total. The predicted molar refractivity (Wildman–Crippen MR) is 236 cm³/mol. The van der Waals surface area contributed by atoms with Crippen molar-refractivity contribution in [1.29, 1.82) is 0 Å². The van der Waals surface area contributed by atoms with Gasteiger partial charge in [0.25, 0.3) is 5.91 Å². The van der Waals surface area contributed by atoms with Crippen molar-refractivity contribution < 1.29 is 19.4 Å². The Bertz CT molecular complexity index is 2800. The van der Waals surface area contributed by atoms with E-state index in [0.29, 0.717) is 59.8 Å². The Kier molecular flexibility index (Phi) is 10.5. The molecular weight excluding hydrogens is 785 g/mol. The summed E-state index contributed by atoms with van der Waals surface area (Å²) in [4.78, 5) is 36.5. The number of nitrogens with zero attached hydrogens (tertiary/aromatic N) is 7. The average molecular weight is 833 g/mol. The predicted octanol–water partition coefficient (Wildman–Crippen LogP) is 10.0. The van der Waals surface area contributed by atoms with Crippen molar-refractivity contribution in [2.75, 3.05) is 30.0 Å². The fourth-order valence-electron chi connectivity index (χ4n) is 8.87. The lowest BCUT2D eigenvalue weighted by atomic mass is 9.98. The Morgan fingerprint density at radius 3 is 2.39 bits per heavy atom. The van der Waals surface area contributed by atoms with Crippen LogP contribution < -0.4 is 14.5 Å². The molecule has 13 heteroatoms. The lowest BCUT2D eigenvalue weighted by Gasteiger charge is -2.35. The summed E-state index contributed by atoms with van der Waals surface area (Å²) >= 11 is 13.6. The first-order valence-corrected chi connectivity index (χ1v) is 20.5. The number of ether oxygens (including phenoxy) is 1. The number of fused-ring (bicyclic) bond motifs is 4. The molecule has 0 saturated heterocycles. The van der Waals surface area contributed by atoms with Crippen molar-refractivity contribution in [3.8, 4) is 16.9 Å². The number of hydrogen-bond donors (Lipinski definition) is 1. The highest BCUT2D eigenvalue weighted by Gasteiger charge is 2.38. The van der Waals surface area contributed by atoms with Crippen LogP contribution in [0.1, 0.15) is 74.0 Å². The van der Waals surface area contributed by atoms with Crippen LogP contribution in [0.5, 0.6) is 5.75 Å². The van der Waals surface area contributed by atoms with E-state index < -0.39 is 5.97 Å². The number of aromatic carboxylic acids is 1. The number of hydrogen-bond acceptors (Lipinski definition) is 6. The highest BCUT2D eigenvalue weighted by Crippen LogP contribution is 2.46. The molecule has 0 unspecified atom stereocenters. The Morgan fingerprint density at radius 2 is 1.73 bits per heavy atom. The van der Waals surface area contributed by atoms with E-state index in [1.54, 1.807) is 12.4 Å². The van der Waals surface area contributed by atoms with Crippen molar-refractivity contribution in [3.63, 3.8) is 0 Å². The van der Waals surface area contributed by atoms with Crippen LogP contribution in [-0.2, 0) is 27.1 Å². The first-order chi connectivity index (χ1) is 28.2. The molecule has 5 heterocycles.